The van der Waals surface area contributed by atoms with Gasteiger partial charge in [0.25, 0.3) is 11.8 Å². The van der Waals surface area contributed by atoms with Crippen molar-refractivity contribution in [1.82, 2.24) is 20.0 Å². The number of fused-ring (bicyclic) bond motifs is 2. The van der Waals surface area contributed by atoms with E-state index >= 15 is 0 Å². The average Bonchev–Trinajstić information content (AvgIpc) is 3.35. The summed E-state index contributed by atoms with van der Waals surface area (Å²) in [6, 6.07) is 4.21. The number of benzene rings is 1. The van der Waals surface area contributed by atoms with E-state index in [0.717, 1.165) is 29.5 Å². The molecule has 1 fully saturated rings. The minimum absolute atomic E-state index is 0.155. The summed E-state index contributed by atoms with van der Waals surface area (Å²) < 4.78 is 48.6. The predicted molar refractivity (Wildman–Crippen MR) is 101 cm³/mol. The van der Waals surface area contributed by atoms with Gasteiger partial charge in [0.05, 0.1) is 11.6 Å². The highest BCUT2D eigenvalue weighted by Crippen LogP contribution is 2.44. The Morgan fingerprint density at radius 2 is 2.10 bits per heavy atom. The topological polar surface area (TPSA) is 75.0 Å². The van der Waals surface area contributed by atoms with Crippen molar-refractivity contribution < 1.29 is 22.5 Å². The Morgan fingerprint density at radius 1 is 1.27 bits per heavy atom. The number of hydrogen-bond donors (Lipinski definition) is 1. The number of nitrogens with one attached hydrogen (secondary N) is 1. The summed E-state index contributed by atoms with van der Waals surface area (Å²) in [7, 11) is 0. The van der Waals surface area contributed by atoms with Gasteiger partial charge in [-0.05, 0) is 49.6 Å². The number of nitrogens with zero attached hydrogens (tertiary/aromatic N) is 3. The third kappa shape index (κ3) is 3.09. The molecule has 1 N–H and O–H groups in total. The first kappa shape index (κ1) is 18.9. The van der Waals surface area contributed by atoms with Crippen LogP contribution in [0.25, 0.3) is 11.5 Å². The second-order valence-corrected chi connectivity index (χ2v) is 8.03. The molecule has 1 saturated heterocycles. The van der Waals surface area contributed by atoms with Gasteiger partial charge in [-0.15, -0.1) is 0 Å². The maximum Gasteiger partial charge on any atom is 0.276 e. The maximum absolute atomic E-state index is 14.8. The van der Waals surface area contributed by atoms with Gasteiger partial charge in [-0.2, -0.15) is 4.98 Å². The Balaban J connectivity index is 1.44. The van der Waals surface area contributed by atoms with E-state index in [2.05, 4.69) is 15.1 Å². The Kier molecular flexibility index (Phi) is 4.23. The standard InChI is InChI=1S/C21H19F3N4O2/c1-11-6-17(25-9-11)18-26-19(30-27-18)12-2-4-14-8-21(23,24)16-7-13(22)3-5-15(16)20(29)28(14)10-12/h3,5-7,9,12,14,25H,2,4,8,10H2,1H3/t12-,14-/m0/s1. The van der Waals surface area contributed by atoms with Crippen LogP contribution in [0.4, 0.5) is 13.2 Å². The predicted octanol–water partition coefficient (Wildman–Crippen LogP) is 4.40. The number of alkyl halides is 2. The van der Waals surface area contributed by atoms with Gasteiger partial charge in [0.2, 0.25) is 11.7 Å². The number of hydrogen-bond acceptors (Lipinski definition) is 4. The average molecular weight is 416 g/mol. The van der Waals surface area contributed by atoms with Crippen molar-refractivity contribution in [2.45, 2.75) is 44.1 Å². The van der Waals surface area contributed by atoms with E-state index in [0.29, 0.717) is 24.6 Å². The molecule has 1 amide bonds. The first-order valence-corrected chi connectivity index (χ1v) is 9.79. The maximum atomic E-state index is 14.8. The third-order valence-electron chi connectivity index (χ3n) is 5.92. The van der Waals surface area contributed by atoms with Crippen molar-refractivity contribution in [3.63, 3.8) is 0 Å². The molecule has 6 nitrogen and oxygen atoms in total. The second kappa shape index (κ2) is 6.72. The highest BCUT2D eigenvalue weighted by molar-refractivity contribution is 5.96. The Hall–Kier alpha value is -3.10. The van der Waals surface area contributed by atoms with Gasteiger partial charge >= 0.3 is 0 Å². The number of carbonyl (C=O) groups is 1. The van der Waals surface area contributed by atoms with Gasteiger partial charge in [-0.1, -0.05) is 5.16 Å². The zero-order valence-corrected chi connectivity index (χ0v) is 16.2. The minimum atomic E-state index is -3.28. The van der Waals surface area contributed by atoms with Crippen LogP contribution in [0.5, 0.6) is 0 Å². The lowest BCUT2D eigenvalue weighted by Crippen LogP contribution is -2.46. The molecule has 2 aliphatic heterocycles. The minimum Gasteiger partial charge on any atom is -0.358 e. The third-order valence-corrected chi connectivity index (χ3v) is 5.92. The summed E-state index contributed by atoms with van der Waals surface area (Å²) in [5, 5.41) is 4.00. The van der Waals surface area contributed by atoms with Crippen LogP contribution in [-0.4, -0.2) is 38.5 Å². The van der Waals surface area contributed by atoms with Crippen molar-refractivity contribution in [2.75, 3.05) is 6.54 Å². The van der Waals surface area contributed by atoms with E-state index < -0.39 is 35.7 Å². The summed E-state index contributed by atoms with van der Waals surface area (Å²) in [6.45, 7) is 2.13. The van der Waals surface area contributed by atoms with E-state index in [1.807, 2.05) is 19.2 Å². The van der Waals surface area contributed by atoms with Gasteiger partial charge in [-0.3, -0.25) is 4.79 Å². The second-order valence-electron chi connectivity index (χ2n) is 8.03. The smallest absolute Gasteiger partial charge is 0.276 e. The molecule has 2 aromatic heterocycles. The Bertz CT molecular complexity index is 1120. The molecule has 0 spiro atoms. The summed E-state index contributed by atoms with van der Waals surface area (Å²) >= 11 is 0. The normalized spacial score (nSPS) is 23.1. The van der Waals surface area contributed by atoms with Crippen LogP contribution in [0.3, 0.4) is 0 Å². The van der Waals surface area contributed by atoms with Crippen molar-refractivity contribution in [3.05, 3.63) is 58.9 Å². The molecule has 9 heteroatoms. The molecule has 3 aromatic rings. The lowest BCUT2D eigenvalue weighted by Gasteiger charge is -2.38. The molecular formula is C21H19F3N4O2. The quantitative estimate of drug-likeness (QED) is 0.672. The Labute approximate surface area is 170 Å². The molecule has 2 atom stereocenters. The van der Waals surface area contributed by atoms with Crippen molar-refractivity contribution >= 4 is 5.91 Å². The van der Waals surface area contributed by atoms with Gasteiger partial charge in [-0.25, -0.2) is 13.2 Å². The van der Waals surface area contributed by atoms with Crippen LogP contribution < -0.4 is 0 Å². The van der Waals surface area contributed by atoms with Crippen LogP contribution in [0.1, 0.15) is 52.6 Å². The molecule has 1 aromatic carbocycles. The molecule has 0 saturated carbocycles. The van der Waals surface area contributed by atoms with Gasteiger partial charge < -0.3 is 14.4 Å². The Morgan fingerprint density at radius 3 is 2.87 bits per heavy atom. The molecule has 0 unspecified atom stereocenters. The number of halogens is 3. The molecule has 0 radical (unpaired) electrons. The first-order chi connectivity index (χ1) is 14.3. The summed E-state index contributed by atoms with van der Waals surface area (Å²) in [6.07, 6.45) is 2.22. The van der Waals surface area contributed by atoms with Crippen LogP contribution in [-0.2, 0) is 5.92 Å². The molecule has 5 rings (SSSR count). The van der Waals surface area contributed by atoms with Crippen LogP contribution in [0.2, 0.25) is 0 Å². The molecule has 156 valence electrons. The summed E-state index contributed by atoms with van der Waals surface area (Å²) in [4.78, 5) is 22.0. The van der Waals surface area contributed by atoms with E-state index in [1.165, 1.54) is 4.90 Å². The highest BCUT2D eigenvalue weighted by atomic mass is 19.3. The molecular weight excluding hydrogens is 397 g/mol. The van der Waals surface area contributed by atoms with Crippen molar-refractivity contribution in [1.29, 1.82) is 0 Å². The fraction of sp³-hybridized carbons (Fsp3) is 0.381. The molecule has 30 heavy (non-hydrogen) atoms. The van der Waals surface area contributed by atoms with Gasteiger partial charge in [0.1, 0.15) is 5.82 Å². The molecule has 0 bridgehead atoms. The fourth-order valence-electron chi connectivity index (χ4n) is 4.40. The van der Waals surface area contributed by atoms with Crippen molar-refractivity contribution in [2.24, 2.45) is 0 Å². The zero-order valence-electron chi connectivity index (χ0n) is 16.2. The van der Waals surface area contributed by atoms with Gasteiger partial charge in [0.15, 0.2) is 0 Å². The summed E-state index contributed by atoms with van der Waals surface area (Å²) in [5.41, 5.74) is 1.05. The lowest BCUT2D eigenvalue weighted by molar-refractivity contribution is -0.0372. The number of rotatable bonds is 2. The fourth-order valence-corrected chi connectivity index (χ4v) is 4.40. The largest absolute Gasteiger partial charge is 0.358 e. The van der Waals surface area contributed by atoms with Crippen LogP contribution >= 0.6 is 0 Å². The van der Waals surface area contributed by atoms with E-state index in [9.17, 15) is 18.0 Å². The SMILES string of the molecule is Cc1c[nH]c(-c2noc([C@H]3CC[C@H]4CC(F)(F)c5cc(F)ccc5C(=O)N4C3)n2)c1. The number of aromatic amines is 1. The number of carbonyl (C=O) groups excluding carboxylic acids is 1. The van der Waals surface area contributed by atoms with Crippen LogP contribution in [0.15, 0.2) is 35.0 Å². The van der Waals surface area contributed by atoms with E-state index in [1.54, 1.807) is 0 Å². The van der Waals surface area contributed by atoms with Crippen LogP contribution in [0, 0.1) is 12.7 Å². The number of H-pyrrole nitrogens is 1. The molecule has 2 aliphatic rings. The summed E-state index contributed by atoms with van der Waals surface area (Å²) in [5.74, 6) is -4.04. The van der Waals surface area contributed by atoms with E-state index in [-0.39, 0.29) is 18.0 Å². The zero-order chi connectivity index (χ0) is 21.0. The van der Waals surface area contributed by atoms with Crippen molar-refractivity contribution in [3.8, 4) is 11.5 Å². The lowest BCUT2D eigenvalue weighted by atomic mass is 9.89. The number of amides is 1. The number of aryl methyl sites for hydroxylation is 1. The molecule has 0 aliphatic carbocycles. The highest BCUT2D eigenvalue weighted by Gasteiger charge is 2.47. The molecule has 4 heterocycles. The number of piperidine rings is 1. The van der Waals surface area contributed by atoms with Gasteiger partial charge in [0, 0.05) is 36.3 Å². The van der Waals surface area contributed by atoms with E-state index in [4.69, 9.17) is 4.52 Å². The monoisotopic (exact) mass is 416 g/mol. The first-order valence-electron chi connectivity index (χ1n) is 9.79. The number of aromatic nitrogens is 3.